The molecule has 2 saturated carbocycles. The van der Waals surface area contributed by atoms with E-state index >= 15 is 0 Å². The molecule has 0 radical (unpaired) electrons. The van der Waals surface area contributed by atoms with Crippen LogP contribution >= 0.6 is 11.6 Å². The van der Waals surface area contributed by atoms with Crippen molar-refractivity contribution in [3.05, 3.63) is 41.0 Å². The van der Waals surface area contributed by atoms with Crippen molar-refractivity contribution in [2.45, 2.75) is 37.3 Å². The van der Waals surface area contributed by atoms with Crippen LogP contribution < -0.4 is 11.5 Å². The van der Waals surface area contributed by atoms with E-state index in [1.165, 1.54) is 10.9 Å². The Bertz CT molecular complexity index is 687. The minimum atomic E-state index is 0.230. The first kappa shape index (κ1) is 13.5. The highest BCUT2D eigenvalue weighted by Crippen LogP contribution is 2.51. The highest BCUT2D eigenvalue weighted by atomic mass is 35.5. The van der Waals surface area contributed by atoms with Crippen LogP contribution in [0.25, 0.3) is 10.9 Å². The van der Waals surface area contributed by atoms with E-state index in [2.05, 4.69) is 17.1 Å². The average Bonchev–Trinajstić information content (AvgIpc) is 2.92. The van der Waals surface area contributed by atoms with Crippen LogP contribution in [0.15, 0.2) is 30.5 Å². The van der Waals surface area contributed by atoms with Crippen LogP contribution in [0.1, 0.15) is 30.7 Å². The zero-order valence-corrected chi connectivity index (χ0v) is 12.6. The third-order valence-electron chi connectivity index (χ3n) is 5.38. The number of nitrogens with two attached hydrogens (primary N) is 2. The number of pyridine rings is 1. The largest absolute Gasteiger partial charge is 0.328 e. The molecular weight excluding hydrogens is 282 g/mol. The summed E-state index contributed by atoms with van der Waals surface area (Å²) in [6.07, 6.45) is 5.20. The van der Waals surface area contributed by atoms with Gasteiger partial charge >= 0.3 is 0 Å². The SMILES string of the molecule is NC1CC2CC(N)C(c3ccnc4cc(Cl)ccc34)C2C1. The van der Waals surface area contributed by atoms with Crippen molar-refractivity contribution >= 4 is 22.5 Å². The van der Waals surface area contributed by atoms with Gasteiger partial charge < -0.3 is 11.5 Å². The summed E-state index contributed by atoms with van der Waals surface area (Å²) in [5.74, 6) is 1.71. The van der Waals surface area contributed by atoms with Gasteiger partial charge in [0.15, 0.2) is 0 Å². The van der Waals surface area contributed by atoms with Crippen molar-refractivity contribution in [1.82, 2.24) is 4.98 Å². The summed E-state index contributed by atoms with van der Waals surface area (Å²) in [5, 5.41) is 1.91. The molecule has 0 amide bonds. The molecule has 21 heavy (non-hydrogen) atoms. The van der Waals surface area contributed by atoms with Gasteiger partial charge in [0.1, 0.15) is 0 Å². The van der Waals surface area contributed by atoms with E-state index < -0.39 is 0 Å². The molecule has 0 saturated heterocycles. The second-order valence-electron chi connectivity index (χ2n) is 6.64. The van der Waals surface area contributed by atoms with Gasteiger partial charge in [0.2, 0.25) is 0 Å². The molecule has 4 heteroatoms. The summed E-state index contributed by atoms with van der Waals surface area (Å²) in [7, 11) is 0. The number of benzene rings is 1. The molecule has 2 aromatic rings. The summed E-state index contributed by atoms with van der Waals surface area (Å²) in [4.78, 5) is 4.45. The van der Waals surface area contributed by atoms with Gasteiger partial charge in [-0.3, -0.25) is 4.98 Å². The van der Waals surface area contributed by atoms with Crippen LogP contribution in [-0.4, -0.2) is 17.1 Å². The zero-order chi connectivity index (χ0) is 14.6. The normalized spacial score (nSPS) is 35.3. The summed E-state index contributed by atoms with van der Waals surface area (Å²) in [5.41, 5.74) is 14.9. The summed E-state index contributed by atoms with van der Waals surface area (Å²) in [6.45, 7) is 0. The highest BCUT2D eigenvalue weighted by Gasteiger charge is 2.47. The van der Waals surface area contributed by atoms with E-state index in [1.807, 2.05) is 18.3 Å². The summed E-state index contributed by atoms with van der Waals surface area (Å²) in [6, 6.07) is 8.65. The number of hydrogen-bond acceptors (Lipinski definition) is 3. The lowest BCUT2D eigenvalue weighted by Gasteiger charge is -2.24. The fraction of sp³-hybridized carbons (Fsp3) is 0.471. The van der Waals surface area contributed by atoms with Gasteiger partial charge in [0, 0.05) is 34.6 Å². The number of halogens is 1. The van der Waals surface area contributed by atoms with Crippen molar-refractivity contribution in [3.8, 4) is 0 Å². The minimum Gasteiger partial charge on any atom is -0.328 e. The third kappa shape index (κ3) is 2.15. The Kier molecular flexibility index (Phi) is 3.18. The van der Waals surface area contributed by atoms with Crippen LogP contribution in [0.4, 0.5) is 0 Å². The molecule has 2 aliphatic rings. The molecule has 0 aliphatic heterocycles. The van der Waals surface area contributed by atoms with E-state index in [9.17, 15) is 0 Å². The quantitative estimate of drug-likeness (QED) is 0.851. The Balaban J connectivity index is 1.82. The lowest BCUT2D eigenvalue weighted by Crippen LogP contribution is -2.28. The maximum absolute atomic E-state index is 6.48. The second kappa shape index (κ2) is 4.94. The van der Waals surface area contributed by atoms with E-state index in [4.69, 9.17) is 23.1 Å². The highest BCUT2D eigenvalue weighted by molar-refractivity contribution is 6.31. The maximum atomic E-state index is 6.48. The van der Waals surface area contributed by atoms with Crippen molar-refractivity contribution in [2.24, 2.45) is 23.3 Å². The number of fused-ring (bicyclic) bond motifs is 2. The Labute approximate surface area is 129 Å². The molecule has 5 unspecified atom stereocenters. The summed E-state index contributed by atoms with van der Waals surface area (Å²) < 4.78 is 0. The fourth-order valence-electron chi connectivity index (χ4n) is 4.62. The Morgan fingerprint density at radius 1 is 1.10 bits per heavy atom. The molecule has 3 nitrogen and oxygen atoms in total. The smallest absolute Gasteiger partial charge is 0.0719 e. The molecule has 4 rings (SSSR count). The number of hydrogen-bond donors (Lipinski definition) is 2. The van der Waals surface area contributed by atoms with E-state index in [-0.39, 0.29) is 6.04 Å². The molecule has 2 fully saturated rings. The topological polar surface area (TPSA) is 64.9 Å². The zero-order valence-electron chi connectivity index (χ0n) is 11.9. The monoisotopic (exact) mass is 301 g/mol. The molecule has 0 bridgehead atoms. The van der Waals surface area contributed by atoms with Gasteiger partial charge in [-0.2, -0.15) is 0 Å². The van der Waals surface area contributed by atoms with Gasteiger partial charge in [-0.1, -0.05) is 17.7 Å². The van der Waals surface area contributed by atoms with Crippen LogP contribution in [0.2, 0.25) is 5.02 Å². The van der Waals surface area contributed by atoms with E-state index in [1.54, 1.807) is 0 Å². The van der Waals surface area contributed by atoms with Crippen molar-refractivity contribution in [3.63, 3.8) is 0 Å². The van der Waals surface area contributed by atoms with E-state index in [0.29, 0.717) is 23.8 Å². The van der Waals surface area contributed by atoms with Crippen molar-refractivity contribution in [1.29, 1.82) is 0 Å². The first-order valence-electron chi connectivity index (χ1n) is 7.69. The lowest BCUT2D eigenvalue weighted by atomic mass is 9.83. The predicted molar refractivity (Wildman–Crippen MR) is 86.3 cm³/mol. The van der Waals surface area contributed by atoms with Crippen LogP contribution in [0.5, 0.6) is 0 Å². The molecule has 2 aliphatic carbocycles. The number of rotatable bonds is 1. The van der Waals surface area contributed by atoms with E-state index in [0.717, 1.165) is 29.8 Å². The molecule has 1 aromatic carbocycles. The molecule has 1 aromatic heterocycles. The second-order valence-corrected chi connectivity index (χ2v) is 7.08. The first-order chi connectivity index (χ1) is 10.1. The Morgan fingerprint density at radius 3 is 2.81 bits per heavy atom. The van der Waals surface area contributed by atoms with Gasteiger partial charge in [0.25, 0.3) is 0 Å². The lowest BCUT2D eigenvalue weighted by molar-refractivity contribution is 0.418. The molecule has 110 valence electrons. The molecule has 5 atom stereocenters. The fourth-order valence-corrected chi connectivity index (χ4v) is 4.79. The Morgan fingerprint density at radius 2 is 1.95 bits per heavy atom. The van der Waals surface area contributed by atoms with Gasteiger partial charge in [0.05, 0.1) is 5.52 Å². The average molecular weight is 302 g/mol. The maximum Gasteiger partial charge on any atom is 0.0719 e. The number of nitrogens with zero attached hydrogens (tertiary/aromatic N) is 1. The van der Waals surface area contributed by atoms with Crippen molar-refractivity contribution in [2.75, 3.05) is 0 Å². The summed E-state index contributed by atoms with van der Waals surface area (Å²) >= 11 is 6.09. The molecule has 0 spiro atoms. The number of aromatic nitrogens is 1. The van der Waals surface area contributed by atoms with Crippen LogP contribution in [0, 0.1) is 11.8 Å². The standard InChI is InChI=1S/C17H20ClN3/c18-10-1-2-12-13(3-4-21-16(12)7-10)17-14-8-11(19)5-9(14)6-15(17)20/h1-4,7,9,11,14-15,17H,5-6,8,19-20H2. The van der Waals surface area contributed by atoms with Crippen LogP contribution in [-0.2, 0) is 0 Å². The van der Waals surface area contributed by atoms with Gasteiger partial charge in [-0.25, -0.2) is 0 Å². The predicted octanol–water partition coefficient (Wildman–Crippen LogP) is 3.06. The van der Waals surface area contributed by atoms with Gasteiger partial charge in [-0.15, -0.1) is 0 Å². The van der Waals surface area contributed by atoms with Crippen molar-refractivity contribution < 1.29 is 0 Å². The molecule has 1 heterocycles. The first-order valence-corrected chi connectivity index (χ1v) is 8.06. The molecular formula is C17H20ClN3. The minimum absolute atomic E-state index is 0.230. The molecule has 4 N–H and O–H groups in total. The third-order valence-corrected chi connectivity index (χ3v) is 5.62. The van der Waals surface area contributed by atoms with Crippen LogP contribution in [0.3, 0.4) is 0 Å². The van der Waals surface area contributed by atoms with Gasteiger partial charge in [-0.05, 0) is 54.9 Å². The Hall–Kier alpha value is -1.16.